The van der Waals surface area contributed by atoms with Crippen LogP contribution in [0.25, 0.3) is 0 Å². The topological polar surface area (TPSA) is 64.3 Å². The van der Waals surface area contributed by atoms with Crippen molar-refractivity contribution in [2.24, 2.45) is 7.05 Å². The van der Waals surface area contributed by atoms with Gasteiger partial charge in [-0.15, -0.1) is 0 Å². The summed E-state index contributed by atoms with van der Waals surface area (Å²) in [6, 6.07) is 6.82. The number of aromatic nitrogens is 2. The van der Waals surface area contributed by atoms with Crippen molar-refractivity contribution < 1.29 is 23.0 Å². The summed E-state index contributed by atoms with van der Waals surface area (Å²) < 4.78 is 46.2. The van der Waals surface area contributed by atoms with Crippen LogP contribution in [0.15, 0.2) is 59.1 Å². The van der Waals surface area contributed by atoms with Crippen LogP contribution < -0.4 is 10.3 Å². The number of rotatable bonds is 7. The van der Waals surface area contributed by atoms with Crippen LogP contribution in [0.5, 0.6) is 11.5 Å². The van der Waals surface area contributed by atoms with Crippen molar-refractivity contribution in [3.8, 4) is 11.5 Å². The zero-order valence-corrected chi connectivity index (χ0v) is 16.4. The van der Waals surface area contributed by atoms with E-state index >= 15 is 0 Å². The molecule has 0 spiro atoms. The van der Waals surface area contributed by atoms with Crippen LogP contribution in [-0.2, 0) is 13.5 Å². The van der Waals surface area contributed by atoms with Gasteiger partial charge in [0.05, 0.1) is 11.8 Å². The van der Waals surface area contributed by atoms with Crippen LogP contribution in [0.4, 0.5) is 13.2 Å². The van der Waals surface area contributed by atoms with E-state index in [0.29, 0.717) is 24.4 Å². The largest absolute Gasteiger partial charge is 0.502 e. The van der Waals surface area contributed by atoms with Gasteiger partial charge < -0.3 is 9.84 Å². The molecule has 0 aliphatic carbocycles. The van der Waals surface area contributed by atoms with Gasteiger partial charge in [-0.2, -0.15) is 13.2 Å². The van der Waals surface area contributed by atoms with E-state index in [1.54, 1.807) is 31.2 Å². The van der Waals surface area contributed by atoms with Gasteiger partial charge in [0, 0.05) is 13.5 Å². The minimum atomic E-state index is -4.46. The summed E-state index contributed by atoms with van der Waals surface area (Å²) in [5.74, 6) is 0.393. The predicted octanol–water partition coefficient (Wildman–Crippen LogP) is 4.30. The number of hydrogen-bond donors (Lipinski definition) is 1. The fourth-order valence-electron chi connectivity index (χ4n) is 2.63. The molecule has 0 aliphatic heterocycles. The Labute approximate surface area is 166 Å². The van der Waals surface area contributed by atoms with E-state index in [9.17, 15) is 23.1 Å². The van der Waals surface area contributed by atoms with Crippen molar-refractivity contribution in [1.29, 1.82) is 0 Å². The molecule has 0 saturated carbocycles. The molecule has 0 bridgehead atoms. The van der Waals surface area contributed by atoms with E-state index in [2.05, 4.69) is 4.98 Å². The van der Waals surface area contributed by atoms with E-state index in [-0.39, 0.29) is 0 Å². The maximum atomic E-state index is 13.1. The summed E-state index contributed by atoms with van der Waals surface area (Å²) in [5, 5.41) is 9.41. The average molecular weight is 408 g/mol. The van der Waals surface area contributed by atoms with Gasteiger partial charge in [0.1, 0.15) is 17.7 Å². The first-order valence-electron chi connectivity index (χ1n) is 9.06. The van der Waals surface area contributed by atoms with E-state index in [1.807, 2.05) is 0 Å². The molecule has 156 valence electrons. The Hall–Kier alpha value is -3.03. The summed E-state index contributed by atoms with van der Waals surface area (Å²) in [4.78, 5) is 15.8. The van der Waals surface area contributed by atoms with Crippen molar-refractivity contribution in [3.63, 3.8) is 0 Å². The average Bonchev–Trinajstić information content (AvgIpc) is 2.65. The minimum Gasteiger partial charge on any atom is -0.502 e. The fraction of sp³-hybridized carbons (Fsp3) is 0.333. The molecule has 0 saturated heterocycles. The zero-order valence-electron chi connectivity index (χ0n) is 16.4. The van der Waals surface area contributed by atoms with E-state index < -0.39 is 29.2 Å². The van der Waals surface area contributed by atoms with Crippen molar-refractivity contribution in [3.05, 3.63) is 76.0 Å². The van der Waals surface area contributed by atoms with Gasteiger partial charge in [0.25, 0.3) is 5.56 Å². The highest BCUT2D eigenvalue weighted by molar-refractivity contribution is 5.32. The second kappa shape index (κ2) is 9.45. The highest BCUT2D eigenvalue weighted by Crippen LogP contribution is 2.28. The highest BCUT2D eigenvalue weighted by Gasteiger charge is 2.32. The predicted molar refractivity (Wildman–Crippen MR) is 104 cm³/mol. The van der Waals surface area contributed by atoms with Crippen LogP contribution in [0.3, 0.4) is 0 Å². The van der Waals surface area contributed by atoms with Crippen molar-refractivity contribution in [2.45, 2.75) is 39.0 Å². The van der Waals surface area contributed by atoms with Crippen LogP contribution >= 0.6 is 0 Å². The number of hydrogen-bond acceptors (Lipinski definition) is 4. The Morgan fingerprint density at radius 2 is 2.10 bits per heavy atom. The number of aromatic hydroxyl groups is 1. The molecule has 0 amide bonds. The number of benzene rings is 1. The van der Waals surface area contributed by atoms with E-state index in [4.69, 9.17) is 4.74 Å². The molecule has 0 radical (unpaired) electrons. The monoisotopic (exact) mass is 408 g/mol. The quantitative estimate of drug-likeness (QED) is 0.694. The van der Waals surface area contributed by atoms with Gasteiger partial charge in [0.2, 0.25) is 0 Å². The number of nitrogens with zero attached hydrogens (tertiary/aromatic N) is 2. The molecule has 1 heterocycles. The first-order chi connectivity index (χ1) is 13.6. The van der Waals surface area contributed by atoms with Gasteiger partial charge in [-0.3, -0.25) is 9.36 Å². The van der Waals surface area contributed by atoms with Crippen LogP contribution in [-0.4, -0.2) is 26.9 Å². The molecule has 1 N–H and O–H groups in total. The first-order valence-corrected chi connectivity index (χ1v) is 9.06. The summed E-state index contributed by atoms with van der Waals surface area (Å²) in [5.41, 5.74) is -0.555. The Kier molecular flexibility index (Phi) is 7.25. The standard InChI is InChI=1S/C21H23F3N2O3/c1-4-5-8-16(21(22,23)24)10-14(2)29-17-9-6-7-15(11-17)12-19-25-13-18(27)20(28)26(19)3/h5-11,13-14,27H,4,12H2,1-3H3/b8-5-,16-10+. The Balaban J connectivity index is 2.19. The van der Waals surface area contributed by atoms with E-state index in [0.717, 1.165) is 23.9 Å². The third-order valence-electron chi connectivity index (χ3n) is 4.10. The molecule has 8 heteroatoms. The molecule has 0 fully saturated rings. The number of alkyl halides is 3. The van der Waals surface area contributed by atoms with Crippen LogP contribution in [0, 0.1) is 0 Å². The lowest BCUT2D eigenvalue weighted by Gasteiger charge is -2.15. The summed E-state index contributed by atoms with van der Waals surface area (Å²) in [6.45, 7) is 3.29. The number of ether oxygens (including phenoxy) is 1. The van der Waals surface area contributed by atoms with Gasteiger partial charge in [-0.05, 0) is 37.1 Å². The third-order valence-corrected chi connectivity index (χ3v) is 4.10. The molecule has 2 rings (SSSR count). The second-order valence-electron chi connectivity index (χ2n) is 6.50. The zero-order chi connectivity index (χ0) is 21.6. The molecule has 0 aliphatic rings. The molecular formula is C21H23F3N2O3. The summed E-state index contributed by atoms with van der Waals surface area (Å²) >= 11 is 0. The molecule has 29 heavy (non-hydrogen) atoms. The Morgan fingerprint density at radius 1 is 1.38 bits per heavy atom. The first kappa shape index (κ1) is 22.3. The second-order valence-corrected chi connectivity index (χ2v) is 6.50. The third kappa shape index (κ3) is 6.23. The normalized spacial score (nSPS) is 13.7. The maximum absolute atomic E-state index is 13.1. The maximum Gasteiger partial charge on any atom is 0.416 e. The lowest BCUT2D eigenvalue weighted by Crippen LogP contribution is -2.21. The lowest BCUT2D eigenvalue weighted by molar-refractivity contribution is -0.0889. The van der Waals surface area contributed by atoms with Gasteiger partial charge in [-0.25, -0.2) is 4.98 Å². The smallest absolute Gasteiger partial charge is 0.416 e. The van der Waals surface area contributed by atoms with Gasteiger partial charge in [0.15, 0.2) is 5.75 Å². The fourth-order valence-corrected chi connectivity index (χ4v) is 2.63. The molecule has 1 aromatic carbocycles. The summed E-state index contributed by atoms with van der Waals surface area (Å²) in [7, 11) is 1.50. The van der Waals surface area contributed by atoms with Crippen molar-refractivity contribution in [2.75, 3.05) is 0 Å². The van der Waals surface area contributed by atoms with Crippen molar-refractivity contribution in [1.82, 2.24) is 9.55 Å². The Morgan fingerprint density at radius 3 is 2.76 bits per heavy atom. The molecule has 1 atom stereocenters. The molecular weight excluding hydrogens is 385 g/mol. The molecule has 1 aromatic heterocycles. The van der Waals surface area contributed by atoms with Crippen LogP contribution in [0.2, 0.25) is 0 Å². The van der Waals surface area contributed by atoms with Crippen LogP contribution in [0.1, 0.15) is 31.7 Å². The highest BCUT2D eigenvalue weighted by atomic mass is 19.4. The number of allylic oxidation sites excluding steroid dienone is 3. The van der Waals surface area contributed by atoms with Crippen molar-refractivity contribution >= 4 is 0 Å². The summed E-state index contributed by atoms with van der Waals surface area (Å²) in [6.07, 6.45) is 0.144. The van der Waals surface area contributed by atoms with E-state index in [1.165, 1.54) is 24.6 Å². The lowest BCUT2D eigenvalue weighted by atomic mass is 10.1. The molecule has 5 nitrogen and oxygen atoms in total. The molecule has 1 unspecified atom stereocenters. The van der Waals surface area contributed by atoms with Gasteiger partial charge in [-0.1, -0.05) is 31.2 Å². The van der Waals surface area contributed by atoms with Gasteiger partial charge >= 0.3 is 6.18 Å². The number of halogens is 3. The SMILES string of the molecule is CC/C=C\C(=C/C(C)Oc1cccc(Cc2ncc(O)c(=O)n2C)c1)C(F)(F)F. The minimum absolute atomic E-state index is 0.292. The Bertz CT molecular complexity index is 962. The molecule has 2 aromatic rings.